The van der Waals surface area contributed by atoms with Gasteiger partial charge in [0.15, 0.2) is 0 Å². The van der Waals surface area contributed by atoms with Crippen LogP contribution in [0.3, 0.4) is 0 Å². The monoisotopic (exact) mass is 262 g/mol. The summed E-state index contributed by atoms with van der Waals surface area (Å²) in [6.07, 6.45) is 3.76. The van der Waals surface area contributed by atoms with Gasteiger partial charge in [-0.3, -0.25) is 4.79 Å². The number of hydrogen-bond acceptors (Lipinski definition) is 3. The lowest BCUT2D eigenvalue weighted by Gasteiger charge is -2.41. The Morgan fingerprint density at radius 2 is 1.82 bits per heavy atom. The van der Waals surface area contributed by atoms with Gasteiger partial charge in [-0.2, -0.15) is 17.4 Å². The Morgan fingerprint density at radius 3 is 2.24 bits per heavy atom. The number of carboxylic acids is 1. The van der Waals surface area contributed by atoms with Crippen molar-refractivity contribution >= 4 is 16.2 Å². The number of carbonyl (C=O) groups is 1. The second-order valence-electron chi connectivity index (χ2n) is 4.92. The quantitative estimate of drug-likeness (QED) is 0.746. The zero-order valence-corrected chi connectivity index (χ0v) is 10.5. The molecule has 0 spiro atoms. The Bertz CT molecular complexity index is 397. The number of carboxylic acid groups (broad SMARTS) is 1. The van der Waals surface area contributed by atoms with Gasteiger partial charge in [0.05, 0.1) is 6.42 Å². The molecule has 0 atom stereocenters. The maximum absolute atomic E-state index is 12.0. The molecule has 0 aromatic heterocycles. The Morgan fingerprint density at radius 1 is 1.24 bits per heavy atom. The first kappa shape index (κ1) is 12.8. The van der Waals surface area contributed by atoms with E-state index in [1.165, 1.54) is 4.31 Å². The fourth-order valence-electron chi connectivity index (χ4n) is 2.47. The van der Waals surface area contributed by atoms with Crippen molar-refractivity contribution in [3.05, 3.63) is 0 Å². The molecular formula is C10H18N2O4S. The van der Waals surface area contributed by atoms with Crippen LogP contribution in [0.15, 0.2) is 0 Å². The molecule has 0 radical (unpaired) electrons. The average molecular weight is 262 g/mol. The van der Waals surface area contributed by atoms with E-state index in [-0.39, 0.29) is 6.42 Å². The van der Waals surface area contributed by atoms with Gasteiger partial charge in [-0.05, 0) is 32.1 Å². The zero-order valence-electron chi connectivity index (χ0n) is 9.68. The van der Waals surface area contributed by atoms with Crippen LogP contribution >= 0.6 is 0 Å². The third-order valence-electron chi connectivity index (χ3n) is 3.55. The van der Waals surface area contributed by atoms with Crippen LogP contribution in [-0.4, -0.2) is 42.4 Å². The van der Waals surface area contributed by atoms with Crippen LogP contribution in [0.4, 0.5) is 0 Å². The molecule has 1 aliphatic heterocycles. The highest BCUT2D eigenvalue weighted by Crippen LogP contribution is 2.36. The third kappa shape index (κ3) is 2.78. The van der Waals surface area contributed by atoms with Gasteiger partial charge < -0.3 is 5.11 Å². The van der Waals surface area contributed by atoms with Gasteiger partial charge in [0, 0.05) is 18.6 Å². The average Bonchev–Trinajstić information content (AvgIpc) is 2.66. The van der Waals surface area contributed by atoms with Crippen molar-refractivity contribution in [2.24, 2.45) is 0 Å². The molecule has 0 bridgehead atoms. The van der Waals surface area contributed by atoms with Crippen molar-refractivity contribution < 1.29 is 18.3 Å². The molecule has 0 aromatic carbocycles. The molecule has 98 valence electrons. The zero-order chi connectivity index (χ0) is 12.5. The molecule has 0 unspecified atom stereocenters. The number of hydrogen-bond donors (Lipinski definition) is 2. The number of rotatable bonds is 5. The third-order valence-corrected chi connectivity index (χ3v) is 5.29. The lowest BCUT2D eigenvalue weighted by Crippen LogP contribution is -2.57. The minimum atomic E-state index is -3.50. The highest BCUT2D eigenvalue weighted by molar-refractivity contribution is 7.87. The Labute approximate surface area is 101 Å². The van der Waals surface area contributed by atoms with E-state index in [4.69, 9.17) is 5.11 Å². The Balaban J connectivity index is 2.05. The molecule has 1 aliphatic carbocycles. The summed E-state index contributed by atoms with van der Waals surface area (Å²) in [4.78, 5) is 10.8. The second kappa shape index (κ2) is 4.55. The number of aliphatic carboxylic acids is 1. The summed E-state index contributed by atoms with van der Waals surface area (Å²) in [5.41, 5.74) is -0.743. The number of nitrogens with one attached hydrogen (secondary N) is 1. The van der Waals surface area contributed by atoms with Gasteiger partial charge in [-0.15, -0.1) is 0 Å². The van der Waals surface area contributed by atoms with Crippen LogP contribution in [0.1, 0.15) is 38.5 Å². The van der Waals surface area contributed by atoms with Gasteiger partial charge in [-0.25, -0.2) is 0 Å². The molecule has 1 saturated heterocycles. The minimum absolute atomic E-state index is 0.125. The fourth-order valence-corrected chi connectivity index (χ4v) is 4.17. The largest absolute Gasteiger partial charge is 0.481 e. The first-order chi connectivity index (χ1) is 7.94. The van der Waals surface area contributed by atoms with E-state index < -0.39 is 21.7 Å². The van der Waals surface area contributed by atoms with Gasteiger partial charge in [0.1, 0.15) is 0 Å². The van der Waals surface area contributed by atoms with Crippen molar-refractivity contribution in [1.29, 1.82) is 0 Å². The second-order valence-corrected chi connectivity index (χ2v) is 6.59. The lowest BCUT2D eigenvalue weighted by atomic mass is 9.75. The summed E-state index contributed by atoms with van der Waals surface area (Å²) in [5, 5.41) is 8.83. The summed E-state index contributed by atoms with van der Waals surface area (Å²) in [5.74, 6) is -0.950. The molecule has 7 heteroatoms. The first-order valence-electron chi connectivity index (χ1n) is 5.94. The van der Waals surface area contributed by atoms with Gasteiger partial charge in [0.2, 0.25) is 0 Å². The van der Waals surface area contributed by atoms with E-state index in [0.717, 1.165) is 19.3 Å². The molecule has 17 heavy (non-hydrogen) atoms. The molecule has 2 N–H and O–H groups in total. The normalized spacial score (nSPS) is 24.5. The Kier molecular flexibility index (Phi) is 3.42. The van der Waals surface area contributed by atoms with E-state index in [9.17, 15) is 13.2 Å². The summed E-state index contributed by atoms with van der Waals surface area (Å²) < 4.78 is 28.1. The summed E-state index contributed by atoms with van der Waals surface area (Å²) >= 11 is 0. The predicted molar refractivity (Wildman–Crippen MR) is 61.7 cm³/mol. The van der Waals surface area contributed by atoms with Crippen molar-refractivity contribution in [1.82, 2.24) is 9.03 Å². The van der Waals surface area contributed by atoms with E-state index in [1.807, 2.05) is 0 Å². The molecule has 2 aliphatic rings. The minimum Gasteiger partial charge on any atom is -0.481 e. The molecule has 2 fully saturated rings. The van der Waals surface area contributed by atoms with Crippen molar-refractivity contribution in [2.45, 2.75) is 44.1 Å². The van der Waals surface area contributed by atoms with E-state index in [2.05, 4.69) is 4.72 Å². The van der Waals surface area contributed by atoms with Crippen LogP contribution in [0.5, 0.6) is 0 Å². The highest BCUT2D eigenvalue weighted by Gasteiger charge is 2.43. The predicted octanol–water partition coefficient (Wildman–Crippen LogP) is 0.314. The van der Waals surface area contributed by atoms with E-state index in [1.54, 1.807) is 0 Å². The molecule has 1 saturated carbocycles. The van der Waals surface area contributed by atoms with E-state index in [0.29, 0.717) is 25.9 Å². The molecular weight excluding hydrogens is 244 g/mol. The maximum atomic E-state index is 12.0. The van der Waals surface area contributed by atoms with Gasteiger partial charge >= 0.3 is 5.97 Å². The first-order valence-corrected chi connectivity index (χ1v) is 7.38. The van der Waals surface area contributed by atoms with Gasteiger partial charge in [0.25, 0.3) is 10.2 Å². The van der Waals surface area contributed by atoms with Crippen LogP contribution < -0.4 is 4.72 Å². The topological polar surface area (TPSA) is 86.7 Å². The summed E-state index contributed by atoms with van der Waals surface area (Å²) in [6, 6.07) is 0. The molecule has 0 amide bonds. The number of nitrogens with zero attached hydrogens (tertiary/aromatic N) is 1. The molecule has 6 nitrogen and oxygen atoms in total. The van der Waals surface area contributed by atoms with Crippen molar-refractivity contribution in [2.75, 3.05) is 13.1 Å². The van der Waals surface area contributed by atoms with Crippen LogP contribution in [0.25, 0.3) is 0 Å². The SMILES string of the molecule is O=C(O)CC1(NS(=O)(=O)N2CCCC2)CCC1. The summed E-state index contributed by atoms with van der Waals surface area (Å²) in [6.45, 7) is 1.08. The Hall–Kier alpha value is -0.660. The van der Waals surface area contributed by atoms with Crippen LogP contribution in [0.2, 0.25) is 0 Å². The molecule has 0 aromatic rings. The maximum Gasteiger partial charge on any atom is 0.305 e. The standard InChI is InChI=1S/C10H18N2O4S/c13-9(14)8-10(4-3-5-10)11-17(15,16)12-6-1-2-7-12/h11H,1-8H2,(H,13,14). The highest BCUT2D eigenvalue weighted by atomic mass is 32.2. The lowest BCUT2D eigenvalue weighted by molar-refractivity contribution is -0.139. The summed E-state index contributed by atoms with van der Waals surface area (Å²) in [7, 11) is -3.50. The van der Waals surface area contributed by atoms with Gasteiger partial charge in [-0.1, -0.05) is 0 Å². The smallest absolute Gasteiger partial charge is 0.305 e. The fraction of sp³-hybridized carbons (Fsp3) is 0.900. The van der Waals surface area contributed by atoms with E-state index >= 15 is 0 Å². The van der Waals surface area contributed by atoms with Crippen molar-refractivity contribution in [3.63, 3.8) is 0 Å². The van der Waals surface area contributed by atoms with Crippen molar-refractivity contribution in [3.8, 4) is 0 Å². The van der Waals surface area contributed by atoms with Crippen LogP contribution in [0, 0.1) is 0 Å². The molecule has 1 heterocycles. The van der Waals surface area contributed by atoms with Crippen LogP contribution in [-0.2, 0) is 15.0 Å². The molecule has 2 rings (SSSR count).